The number of nitrogens with zero attached hydrogens (tertiary/aromatic N) is 2. The standard InChI is InChI=1S/C18H35N3O2/c1-15-12-21(14-17-5-4-10-23-17)9-6-18(15)19-11-16(22)13-20-7-2-3-8-20/h15-19,22H,2-14H2,1H3. The van der Waals surface area contributed by atoms with Crippen LogP contribution in [0.1, 0.15) is 39.0 Å². The Balaban J connectivity index is 1.33. The highest BCUT2D eigenvalue weighted by atomic mass is 16.5. The molecular formula is C18H35N3O2. The van der Waals surface area contributed by atoms with Crippen LogP contribution in [0, 0.1) is 5.92 Å². The number of hydrogen-bond donors (Lipinski definition) is 2. The third kappa shape index (κ3) is 5.40. The molecule has 4 unspecified atom stereocenters. The minimum Gasteiger partial charge on any atom is -0.390 e. The number of hydrogen-bond acceptors (Lipinski definition) is 5. The van der Waals surface area contributed by atoms with Crippen molar-refractivity contribution in [2.45, 2.75) is 57.3 Å². The van der Waals surface area contributed by atoms with Crippen molar-refractivity contribution in [3.05, 3.63) is 0 Å². The smallest absolute Gasteiger partial charge is 0.0791 e. The Kier molecular flexibility index (Phi) is 6.72. The molecule has 5 heteroatoms. The van der Waals surface area contributed by atoms with Crippen LogP contribution in [0.25, 0.3) is 0 Å². The molecule has 2 N–H and O–H groups in total. The molecule has 0 aliphatic carbocycles. The Bertz CT molecular complexity index is 343. The van der Waals surface area contributed by atoms with Crippen molar-refractivity contribution in [2.24, 2.45) is 5.92 Å². The van der Waals surface area contributed by atoms with E-state index in [1.54, 1.807) is 0 Å². The van der Waals surface area contributed by atoms with E-state index in [0.29, 0.717) is 18.1 Å². The number of piperidine rings is 1. The highest BCUT2D eigenvalue weighted by Gasteiger charge is 2.28. The van der Waals surface area contributed by atoms with E-state index in [1.165, 1.54) is 32.1 Å². The van der Waals surface area contributed by atoms with E-state index in [2.05, 4.69) is 22.0 Å². The van der Waals surface area contributed by atoms with E-state index in [-0.39, 0.29) is 6.10 Å². The van der Waals surface area contributed by atoms with Gasteiger partial charge in [0.25, 0.3) is 0 Å². The minimum absolute atomic E-state index is 0.231. The molecule has 0 saturated carbocycles. The molecule has 5 nitrogen and oxygen atoms in total. The summed E-state index contributed by atoms with van der Waals surface area (Å²) in [6.45, 7) is 10.6. The van der Waals surface area contributed by atoms with Crippen molar-refractivity contribution >= 4 is 0 Å². The SMILES string of the molecule is CC1CN(CC2CCCO2)CCC1NCC(O)CN1CCCC1. The number of aliphatic hydroxyl groups excluding tert-OH is 1. The van der Waals surface area contributed by atoms with Crippen molar-refractivity contribution in [3.8, 4) is 0 Å². The van der Waals surface area contributed by atoms with Crippen LogP contribution < -0.4 is 5.32 Å². The van der Waals surface area contributed by atoms with Crippen LogP contribution in [0.15, 0.2) is 0 Å². The number of ether oxygens (including phenoxy) is 1. The molecule has 0 bridgehead atoms. The Morgan fingerprint density at radius 2 is 1.96 bits per heavy atom. The van der Waals surface area contributed by atoms with Crippen LogP contribution in [0.5, 0.6) is 0 Å². The lowest BCUT2D eigenvalue weighted by molar-refractivity contribution is 0.0485. The summed E-state index contributed by atoms with van der Waals surface area (Å²) in [4.78, 5) is 4.96. The van der Waals surface area contributed by atoms with Crippen molar-refractivity contribution in [2.75, 3.05) is 52.4 Å². The first kappa shape index (κ1) is 17.6. The van der Waals surface area contributed by atoms with Crippen LogP contribution in [-0.4, -0.2) is 85.6 Å². The summed E-state index contributed by atoms with van der Waals surface area (Å²) in [5.41, 5.74) is 0. The molecule has 0 amide bonds. The highest BCUT2D eigenvalue weighted by molar-refractivity contribution is 4.85. The van der Waals surface area contributed by atoms with Gasteiger partial charge in [-0.05, 0) is 57.7 Å². The molecule has 3 saturated heterocycles. The normalized spacial score (nSPS) is 35.0. The predicted octanol–water partition coefficient (Wildman–Crippen LogP) is 0.922. The van der Waals surface area contributed by atoms with Gasteiger partial charge in [-0.3, -0.25) is 0 Å². The maximum absolute atomic E-state index is 10.2. The Morgan fingerprint density at radius 3 is 2.65 bits per heavy atom. The quantitative estimate of drug-likeness (QED) is 0.729. The largest absolute Gasteiger partial charge is 0.390 e. The van der Waals surface area contributed by atoms with Gasteiger partial charge < -0.3 is 25.0 Å². The molecule has 0 spiro atoms. The van der Waals surface area contributed by atoms with Gasteiger partial charge in [-0.25, -0.2) is 0 Å². The Morgan fingerprint density at radius 1 is 1.13 bits per heavy atom. The average molecular weight is 325 g/mol. The molecule has 0 radical (unpaired) electrons. The summed E-state index contributed by atoms with van der Waals surface area (Å²) in [7, 11) is 0. The van der Waals surface area contributed by atoms with Gasteiger partial charge in [-0.2, -0.15) is 0 Å². The van der Waals surface area contributed by atoms with Gasteiger partial charge >= 0.3 is 0 Å². The maximum atomic E-state index is 10.2. The molecule has 0 aromatic heterocycles. The fourth-order valence-corrected chi connectivity index (χ4v) is 4.39. The molecule has 3 aliphatic heterocycles. The summed E-state index contributed by atoms with van der Waals surface area (Å²) in [6, 6.07) is 0.545. The lowest BCUT2D eigenvalue weighted by Gasteiger charge is -2.38. The lowest BCUT2D eigenvalue weighted by Crippen LogP contribution is -2.51. The second-order valence-electron chi connectivity index (χ2n) is 7.84. The van der Waals surface area contributed by atoms with Gasteiger partial charge in [0.15, 0.2) is 0 Å². The fourth-order valence-electron chi connectivity index (χ4n) is 4.39. The predicted molar refractivity (Wildman–Crippen MR) is 92.7 cm³/mol. The maximum Gasteiger partial charge on any atom is 0.0791 e. The van der Waals surface area contributed by atoms with E-state index in [0.717, 1.165) is 52.4 Å². The molecule has 134 valence electrons. The number of rotatable bonds is 7. The van der Waals surface area contributed by atoms with E-state index >= 15 is 0 Å². The van der Waals surface area contributed by atoms with Gasteiger partial charge in [-0.15, -0.1) is 0 Å². The number of β-amino-alcohol motifs (C(OH)–C–C–N with tert-alkyl or cyclic N) is 1. The van der Waals surface area contributed by atoms with Crippen LogP contribution in [0.4, 0.5) is 0 Å². The molecule has 4 atom stereocenters. The summed E-state index contributed by atoms with van der Waals surface area (Å²) in [5.74, 6) is 0.643. The van der Waals surface area contributed by atoms with Crippen LogP contribution >= 0.6 is 0 Å². The third-order valence-electron chi connectivity index (χ3n) is 5.76. The van der Waals surface area contributed by atoms with Gasteiger partial charge in [0, 0.05) is 38.8 Å². The third-order valence-corrected chi connectivity index (χ3v) is 5.76. The van der Waals surface area contributed by atoms with Crippen molar-refractivity contribution in [1.82, 2.24) is 15.1 Å². The van der Waals surface area contributed by atoms with Crippen LogP contribution in [0.3, 0.4) is 0 Å². The second kappa shape index (κ2) is 8.77. The zero-order valence-corrected chi connectivity index (χ0v) is 14.8. The monoisotopic (exact) mass is 325 g/mol. The van der Waals surface area contributed by atoms with Crippen LogP contribution in [-0.2, 0) is 4.74 Å². The molecule has 3 aliphatic rings. The number of likely N-dealkylation sites (tertiary alicyclic amines) is 2. The Labute approximate surface area is 141 Å². The summed E-state index contributed by atoms with van der Waals surface area (Å²) in [5, 5.41) is 13.9. The van der Waals surface area contributed by atoms with E-state index in [4.69, 9.17) is 4.74 Å². The van der Waals surface area contributed by atoms with Gasteiger partial charge in [-0.1, -0.05) is 6.92 Å². The topological polar surface area (TPSA) is 48.0 Å². The first-order chi connectivity index (χ1) is 11.2. The van der Waals surface area contributed by atoms with Crippen molar-refractivity contribution in [3.63, 3.8) is 0 Å². The lowest BCUT2D eigenvalue weighted by atomic mass is 9.93. The van der Waals surface area contributed by atoms with Crippen molar-refractivity contribution < 1.29 is 9.84 Å². The molecule has 3 fully saturated rings. The summed E-state index contributed by atoms with van der Waals surface area (Å²) >= 11 is 0. The zero-order valence-electron chi connectivity index (χ0n) is 14.8. The molecular weight excluding hydrogens is 290 g/mol. The van der Waals surface area contributed by atoms with Crippen LogP contribution in [0.2, 0.25) is 0 Å². The van der Waals surface area contributed by atoms with Gasteiger partial charge in [0.1, 0.15) is 0 Å². The second-order valence-corrected chi connectivity index (χ2v) is 7.84. The van der Waals surface area contributed by atoms with E-state index in [1.807, 2.05) is 0 Å². The zero-order chi connectivity index (χ0) is 16.1. The molecule has 3 rings (SSSR count). The van der Waals surface area contributed by atoms with Crippen molar-refractivity contribution in [1.29, 1.82) is 0 Å². The van der Waals surface area contributed by atoms with Gasteiger partial charge in [0.05, 0.1) is 12.2 Å². The summed E-state index contributed by atoms with van der Waals surface area (Å²) in [6.07, 6.45) is 6.46. The molecule has 3 heterocycles. The summed E-state index contributed by atoms with van der Waals surface area (Å²) < 4.78 is 5.76. The molecule has 23 heavy (non-hydrogen) atoms. The molecule has 0 aromatic rings. The first-order valence-electron chi connectivity index (χ1n) is 9.68. The van der Waals surface area contributed by atoms with Gasteiger partial charge in [0.2, 0.25) is 0 Å². The van der Waals surface area contributed by atoms with E-state index < -0.39 is 0 Å². The number of nitrogens with one attached hydrogen (secondary N) is 1. The average Bonchev–Trinajstić information content (AvgIpc) is 3.20. The highest BCUT2D eigenvalue weighted by Crippen LogP contribution is 2.20. The molecule has 0 aromatic carbocycles. The Hall–Kier alpha value is -0.200. The minimum atomic E-state index is -0.231. The number of aliphatic hydroxyl groups is 1. The van der Waals surface area contributed by atoms with E-state index in [9.17, 15) is 5.11 Å². The fraction of sp³-hybridized carbons (Fsp3) is 1.00. The first-order valence-corrected chi connectivity index (χ1v) is 9.68.